The van der Waals surface area contributed by atoms with Crippen LogP contribution in [0.1, 0.15) is 36.0 Å². The second kappa shape index (κ2) is 9.00. The van der Waals surface area contributed by atoms with E-state index in [-0.39, 0.29) is 36.0 Å². The molecule has 3 amide bonds. The van der Waals surface area contributed by atoms with Gasteiger partial charge in [-0.25, -0.2) is 0 Å². The van der Waals surface area contributed by atoms with Gasteiger partial charge in [-0.05, 0) is 49.4 Å². The van der Waals surface area contributed by atoms with Gasteiger partial charge in [0.2, 0.25) is 17.7 Å². The third-order valence-electron chi connectivity index (χ3n) is 7.42. The molecule has 0 unspecified atom stereocenters. The van der Waals surface area contributed by atoms with Crippen molar-refractivity contribution in [2.75, 3.05) is 31.1 Å². The Hall–Kier alpha value is -3.15. The maximum atomic E-state index is 13.1. The molecule has 0 spiro atoms. The van der Waals surface area contributed by atoms with Crippen molar-refractivity contribution >= 4 is 23.4 Å². The Bertz CT molecular complexity index is 1060. The van der Waals surface area contributed by atoms with E-state index in [1.54, 1.807) is 4.90 Å². The van der Waals surface area contributed by atoms with Crippen LogP contribution in [0.25, 0.3) is 0 Å². The molecule has 0 bridgehead atoms. The Morgan fingerprint density at radius 1 is 0.818 bits per heavy atom. The number of likely N-dealkylation sites (tertiary alicyclic amines) is 1. The van der Waals surface area contributed by atoms with Gasteiger partial charge in [-0.3, -0.25) is 14.4 Å². The summed E-state index contributed by atoms with van der Waals surface area (Å²) in [6, 6.07) is 16.2. The van der Waals surface area contributed by atoms with Gasteiger partial charge in [0, 0.05) is 50.7 Å². The average molecular weight is 446 g/mol. The fourth-order valence-corrected chi connectivity index (χ4v) is 5.39. The molecule has 0 radical (unpaired) electrons. The van der Waals surface area contributed by atoms with Crippen LogP contribution < -0.4 is 4.90 Å². The first kappa shape index (κ1) is 21.7. The van der Waals surface area contributed by atoms with Crippen LogP contribution in [-0.2, 0) is 27.3 Å². The zero-order chi connectivity index (χ0) is 22.9. The van der Waals surface area contributed by atoms with Crippen LogP contribution in [0, 0.1) is 18.8 Å². The quantitative estimate of drug-likeness (QED) is 0.729. The molecule has 0 aromatic heterocycles. The predicted molar refractivity (Wildman–Crippen MR) is 127 cm³/mol. The van der Waals surface area contributed by atoms with Crippen molar-refractivity contribution in [1.29, 1.82) is 0 Å². The van der Waals surface area contributed by atoms with E-state index < -0.39 is 0 Å². The van der Waals surface area contributed by atoms with Crippen molar-refractivity contribution in [3.63, 3.8) is 0 Å². The number of fused-ring (bicyclic) bond motifs is 1. The highest BCUT2D eigenvalue weighted by Crippen LogP contribution is 2.29. The summed E-state index contributed by atoms with van der Waals surface area (Å²) in [6.07, 6.45) is 2.57. The maximum Gasteiger partial charge on any atom is 0.228 e. The number of piperidine rings is 1. The van der Waals surface area contributed by atoms with Gasteiger partial charge in [0.25, 0.3) is 0 Å². The van der Waals surface area contributed by atoms with E-state index in [0.717, 1.165) is 24.2 Å². The second-order valence-electron chi connectivity index (χ2n) is 9.62. The molecule has 172 valence electrons. The molecular weight excluding hydrogens is 414 g/mol. The van der Waals surface area contributed by atoms with Gasteiger partial charge in [0.1, 0.15) is 0 Å². The average Bonchev–Trinajstić information content (AvgIpc) is 3.25. The summed E-state index contributed by atoms with van der Waals surface area (Å²) < 4.78 is 0. The van der Waals surface area contributed by atoms with Crippen LogP contribution in [0.4, 0.5) is 5.69 Å². The third-order valence-corrected chi connectivity index (χ3v) is 7.42. The van der Waals surface area contributed by atoms with Crippen molar-refractivity contribution < 1.29 is 14.4 Å². The maximum absolute atomic E-state index is 13.1. The van der Waals surface area contributed by atoms with E-state index in [2.05, 4.69) is 18.2 Å². The van der Waals surface area contributed by atoms with E-state index in [0.29, 0.717) is 39.0 Å². The summed E-state index contributed by atoms with van der Waals surface area (Å²) in [4.78, 5) is 44.4. The smallest absolute Gasteiger partial charge is 0.228 e. The van der Waals surface area contributed by atoms with Crippen molar-refractivity contribution in [1.82, 2.24) is 9.80 Å². The van der Waals surface area contributed by atoms with Crippen LogP contribution in [0.5, 0.6) is 0 Å². The molecule has 2 aromatic carbocycles. The standard InChI is InChI=1S/C27H31N3O3/c1-19-6-8-24(9-7-19)30-18-23(16-25(30)31)27(33)28-13-11-21(12-14-28)26(32)29-15-10-20-4-2-3-5-22(20)17-29/h2-9,21,23H,10-18H2,1H3/t23-/m0/s1. The molecule has 1 atom stereocenters. The monoisotopic (exact) mass is 445 g/mol. The van der Waals surface area contributed by atoms with Crippen LogP contribution in [0.15, 0.2) is 48.5 Å². The summed E-state index contributed by atoms with van der Waals surface area (Å²) >= 11 is 0. The zero-order valence-corrected chi connectivity index (χ0v) is 19.2. The fourth-order valence-electron chi connectivity index (χ4n) is 5.39. The number of rotatable bonds is 3. The normalized spacial score (nSPS) is 21.3. The zero-order valence-electron chi connectivity index (χ0n) is 19.2. The number of anilines is 1. The Kier molecular flexibility index (Phi) is 5.92. The van der Waals surface area contributed by atoms with Gasteiger partial charge in [-0.15, -0.1) is 0 Å². The van der Waals surface area contributed by atoms with Gasteiger partial charge >= 0.3 is 0 Å². The van der Waals surface area contributed by atoms with Gasteiger partial charge in [0.15, 0.2) is 0 Å². The molecule has 2 fully saturated rings. The first-order valence-electron chi connectivity index (χ1n) is 12.0. The Labute approximate surface area is 195 Å². The van der Waals surface area contributed by atoms with E-state index in [9.17, 15) is 14.4 Å². The number of hydrogen-bond donors (Lipinski definition) is 0. The molecule has 6 heteroatoms. The highest BCUT2D eigenvalue weighted by molar-refractivity contribution is 6.00. The largest absolute Gasteiger partial charge is 0.342 e. The molecule has 5 rings (SSSR count). The molecule has 33 heavy (non-hydrogen) atoms. The van der Waals surface area contributed by atoms with E-state index in [1.807, 2.05) is 47.1 Å². The lowest BCUT2D eigenvalue weighted by Gasteiger charge is -2.36. The van der Waals surface area contributed by atoms with Crippen LogP contribution in [0.3, 0.4) is 0 Å². The minimum atomic E-state index is -0.301. The number of aryl methyl sites for hydroxylation is 1. The van der Waals surface area contributed by atoms with Crippen LogP contribution in [0.2, 0.25) is 0 Å². The van der Waals surface area contributed by atoms with Crippen molar-refractivity contribution in [2.24, 2.45) is 11.8 Å². The van der Waals surface area contributed by atoms with Crippen molar-refractivity contribution in [2.45, 2.75) is 39.2 Å². The predicted octanol–water partition coefficient (Wildman–Crippen LogP) is 3.17. The lowest BCUT2D eigenvalue weighted by Crippen LogP contribution is -2.47. The molecule has 2 aromatic rings. The highest BCUT2D eigenvalue weighted by Gasteiger charge is 2.39. The third kappa shape index (κ3) is 4.39. The minimum Gasteiger partial charge on any atom is -0.342 e. The minimum absolute atomic E-state index is 0.00708. The second-order valence-corrected chi connectivity index (χ2v) is 9.62. The molecule has 6 nitrogen and oxygen atoms in total. The Morgan fingerprint density at radius 3 is 2.21 bits per heavy atom. The fraction of sp³-hybridized carbons (Fsp3) is 0.444. The van der Waals surface area contributed by atoms with Crippen LogP contribution >= 0.6 is 0 Å². The highest BCUT2D eigenvalue weighted by atomic mass is 16.2. The molecule has 3 aliphatic heterocycles. The van der Waals surface area contributed by atoms with Gasteiger partial charge in [0.05, 0.1) is 5.92 Å². The molecule has 3 heterocycles. The lowest BCUT2D eigenvalue weighted by atomic mass is 9.92. The first-order valence-corrected chi connectivity index (χ1v) is 12.0. The van der Waals surface area contributed by atoms with Crippen molar-refractivity contribution in [3.05, 3.63) is 65.2 Å². The Morgan fingerprint density at radius 2 is 1.48 bits per heavy atom. The van der Waals surface area contributed by atoms with E-state index >= 15 is 0 Å². The van der Waals surface area contributed by atoms with E-state index in [4.69, 9.17) is 0 Å². The summed E-state index contributed by atoms with van der Waals surface area (Å²) in [6.45, 7) is 5.10. The molecule has 2 saturated heterocycles. The van der Waals surface area contributed by atoms with Gasteiger partial charge in [-0.1, -0.05) is 42.0 Å². The summed E-state index contributed by atoms with van der Waals surface area (Å²) in [5.74, 6) is -0.0418. The number of carbonyl (C=O) groups excluding carboxylic acids is 3. The Balaban J connectivity index is 1.15. The van der Waals surface area contributed by atoms with Crippen molar-refractivity contribution in [3.8, 4) is 0 Å². The number of benzene rings is 2. The number of hydrogen-bond acceptors (Lipinski definition) is 3. The molecular formula is C27H31N3O3. The van der Waals surface area contributed by atoms with Gasteiger partial charge < -0.3 is 14.7 Å². The number of nitrogens with zero attached hydrogens (tertiary/aromatic N) is 3. The summed E-state index contributed by atoms with van der Waals surface area (Å²) in [5, 5.41) is 0. The molecule has 3 aliphatic rings. The molecule has 0 N–H and O–H groups in total. The number of amides is 3. The van der Waals surface area contributed by atoms with Gasteiger partial charge in [-0.2, -0.15) is 0 Å². The van der Waals surface area contributed by atoms with Crippen LogP contribution in [-0.4, -0.2) is 53.7 Å². The summed E-state index contributed by atoms with van der Waals surface area (Å²) in [7, 11) is 0. The molecule has 0 saturated carbocycles. The summed E-state index contributed by atoms with van der Waals surface area (Å²) in [5.41, 5.74) is 4.58. The lowest BCUT2D eigenvalue weighted by molar-refractivity contribution is -0.143. The first-order chi connectivity index (χ1) is 16.0. The topological polar surface area (TPSA) is 60.9 Å². The number of carbonyl (C=O) groups is 3. The SMILES string of the molecule is Cc1ccc(N2C[C@@H](C(=O)N3CCC(C(=O)N4CCc5ccccc5C4)CC3)CC2=O)cc1. The van der Waals surface area contributed by atoms with E-state index in [1.165, 1.54) is 11.1 Å². The molecule has 0 aliphatic carbocycles.